The first-order valence-electron chi connectivity index (χ1n) is 12.3. The maximum atomic E-state index is 11.8. The van der Waals surface area contributed by atoms with E-state index >= 15 is 0 Å². The number of carbonyl (C=O) groups is 1. The fourth-order valence-electron chi connectivity index (χ4n) is 3.88. The Hall–Kier alpha value is -2.77. The maximum Gasteiger partial charge on any atom is 0.411 e. The van der Waals surface area contributed by atoms with Crippen LogP contribution >= 0.6 is 0 Å². The number of hydrogen-bond donors (Lipinski definition) is 1. The van der Waals surface area contributed by atoms with E-state index in [1.807, 2.05) is 24.3 Å². The second kappa shape index (κ2) is 14.6. The molecule has 0 saturated heterocycles. The molecule has 0 fully saturated rings. The van der Waals surface area contributed by atoms with Crippen LogP contribution in [0.5, 0.6) is 11.5 Å². The molecule has 0 bridgehead atoms. The molecule has 0 heterocycles. The Kier molecular flexibility index (Phi) is 11.9. The molecule has 0 atom stereocenters. The summed E-state index contributed by atoms with van der Waals surface area (Å²) >= 11 is 0. The van der Waals surface area contributed by atoms with Gasteiger partial charge in [-0.3, -0.25) is 5.32 Å². The van der Waals surface area contributed by atoms with Gasteiger partial charge in [-0.2, -0.15) is 0 Å². The Morgan fingerprint density at radius 2 is 1.49 bits per heavy atom. The fraction of sp³-hybridized carbons (Fsp3) is 0.536. The number of hydrogen-bond acceptors (Lipinski definition) is 6. The molecule has 0 aliphatic heterocycles. The molecule has 0 aliphatic carbocycles. The number of rotatable bonds is 15. The lowest BCUT2D eigenvalue weighted by molar-refractivity contribution is 0.0466. The molecule has 0 aliphatic rings. The van der Waals surface area contributed by atoms with Gasteiger partial charge in [0.1, 0.15) is 11.5 Å². The smallest absolute Gasteiger partial charge is 0.411 e. The zero-order valence-corrected chi connectivity index (χ0v) is 22.1. The van der Waals surface area contributed by atoms with Gasteiger partial charge in [-0.25, -0.2) is 4.79 Å². The van der Waals surface area contributed by atoms with E-state index in [0.29, 0.717) is 23.8 Å². The van der Waals surface area contributed by atoms with Crippen LogP contribution in [-0.2, 0) is 19.6 Å². The highest BCUT2D eigenvalue weighted by molar-refractivity contribution is 5.86. The monoisotopic (exact) mass is 487 g/mol. The van der Waals surface area contributed by atoms with Gasteiger partial charge in [0, 0.05) is 19.9 Å². The first-order valence-corrected chi connectivity index (χ1v) is 12.3. The molecule has 0 saturated carbocycles. The third-order valence-electron chi connectivity index (χ3n) is 5.86. The van der Waals surface area contributed by atoms with Crippen molar-refractivity contribution in [3.8, 4) is 22.6 Å². The Balaban J connectivity index is 2.46. The summed E-state index contributed by atoms with van der Waals surface area (Å²) in [4.78, 5) is 11.8. The SMILES string of the molecule is CCCCCCC(C)(C)c1cc(OCOC)c(-c2ccc(NC(=O)OCC)cc2)c(OCOC)c1. The predicted molar refractivity (Wildman–Crippen MR) is 139 cm³/mol. The van der Waals surface area contributed by atoms with E-state index in [1.54, 1.807) is 21.1 Å². The zero-order valence-electron chi connectivity index (χ0n) is 22.1. The van der Waals surface area contributed by atoms with Crippen LogP contribution in [0.4, 0.5) is 10.5 Å². The van der Waals surface area contributed by atoms with Crippen LogP contribution in [0.3, 0.4) is 0 Å². The first-order chi connectivity index (χ1) is 16.9. The molecule has 0 radical (unpaired) electrons. The molecule has 0 aromatic heterocycles. The van der Waals surface area contributed by atoms with Crippen LogP contribution < -0.4 is 14.8 Å². The van der Waals surface area contributed by atoms with Crippen LogP contribution in [0, 0.1) is 0 Å². The van der Waals surface area contributed by atoms with E-state index in [4.69, 9.17) is 23.7 Å². The lowest BCUT2D eigenvalue weighted by atomic mass is 9.79. The highest BCUT2D eigenvalue weighted by Gasteiger charge is 2.25. The van der Waals surface area contributed by atoms with E-state index in [-0.39, 0.29) is 19.0 Å². The van der Waals surface area contributed by atoms with Crippen LogP contribution in [0.25, 0.3) is 11.1 Å². The van der Waals surface area contributed by atoms with Gasteiger partial charge in [-0.05, 0) is 54.2 Å². The molecular formula is C28H41NO6. The predicted octanol–water partition coefficient (Wildman–Crippen LogP) is 7.14. The quantitative estimate of drug-likeness (QED) is 0.213. The first kappa shape index (κ1) is 28.5. The molecular weight excluding hydrogens is 446 g/mol. The van der Waals surface area contributed by atoms with Crippen molar-refractivity contribution in [3.63, 3.8) is 0 Å². The van der Waals surface area contributed by atoms with Crippen molar-refractivity contribution in [1.82, 2.24) is 0 Å². The summed E-state index contributed by atoms with van der Waals surface area (Å²) < 4.78 is 27.4. The van der Waals surface area contributed by atoms with E-state index in [2.05, 4.69) is 38.2 Å². The average molecular weight is 488 g/mol. The summed E-state index contributed by atoms with van der Waals surface area (Å²) in [5.74, 6) is 1.34. The van der Waals surface area contributed by atoms with Gasteiger partial charge in [-0.1, -0.05) is 58.6 Å². The van der Waals surface area contributed by atoms with E-state index in [9.17, 15) is 4.79 Å². The molecule has 0 spiro atoms. The number of ether oxygens (including phenoxy) is 5. The number of unbranched alkanes of at least 4 members (excludes halogenated alkanes) is 3. The van der Waals surface area contributed by atoms with Crippen molar-refractivity contribution in [2.45, 2.75) is 65.2 Å². The van der Waals surface area contributed by atoms with Gasteiger partial charge < -0.3 is 23.7 Å². The van der Waals surface area contributed by atoms with Crippen molar-refractivity contribution < 1.29 is 28.5 Å². The molecule has 194 valence electrons. The molecule has 1 N–H and O–H groups in total. The van der Waals surface area contributed by atoms with Crippen molar-refractivity contribution in [3.05, 3.63) is 42.0 Å². The van der Waals surface area contributed by atoms with Crippen molar-refractivity contribution in [1.29, 1.82) is 0 Å². The Labute approximate surface area is 210 Å². The second-order valence-electron chi connectivity index (χ2n) is 9.07. The average Bonchev–Trinajstić information content (AvgIpc) is 2.84. The zero-order chi connectivity index (χ0) is 25.7. The minimum atomic E-state index is -0.487. The molecule has 0 unspecified atom stereocenters. The molecule has 2 aromatic rings. The summed E-state index contributed by atoms with van der Waals surface area (Å²) in [5, 5.41) is 2.71. The van der Waals surface area contributed by atoms with Crippen molar-refractivity contribution in [2.24, 2.45) is 0 Å². The van der Waals surface area contributed by atoms with Crippen LogP contribution in [0.2, 0.25) is 0 Å². The number of carbonyl (C=O) groups excluding carboxylic acids is 1. The molecule has 2 aromatic carbocycles. The van der Waals surface area contributed by atoms with Crippen LogP contribution in [-0.4, -0.2) is 40.5 Å². The lowest BCUT2D eigenvalue weighted by Gasteiger charge is -2.28. The summed E-state index contributed by atoms with van der Waals surface area (Å²) in [6, 6.07) is 11.6. The summed E-state index contributed by atoms with van der Waals surface area (Å²) in [5.41, 5.74) is 3.39. The van der Waals surface area contributed by atoms with Gasteiger partial charge in [0.25, 0.3) is 0 Å². The van der Waals surface area contributed by atoms with E-state index in [0.717, 1.165) is 23.1 Å². The molecule has 35 heavy (non-hydrogen) atoms. The maximum absolute atomic E-state index is 11.8. The molecule has 7 heteroatoms. The van der Waals surface area contributed by atoms with Crippen LogP contribution in [0.15, 0.2) is 36.4 Å². The third kappa shape index (κ3) is 8.75. The number of amides is 1. The Morgan fingerprint density at radius 1 is 0.886 bits per heavy atom. The largest absolute Gasteiger partial charge is 0.467 e. The Bertz CT molecular complexity index is 881. The number of methoxy groups -OCH3 is 2. The third-order valence-corrected chi connectivity index (χ3v) is 5.86. The minimum Gasteiger partial charge on any atom is -0.467 e. The van der Waals surface area contributed by atoms with E-state index in [1.165, 1.54) is 25.7 Å². The molecule has 1 amide bonds. The minimum absolute atomic E-state index is 0.0595. The molecule has 7 nitrogen and oxygen atoms in total. The van der Waals surface area contributed by atoms with Gasteiger partial charge >= 0.3 is 6.09 Å². The van der Waals surface area contributed by atoms with E-state index < -0.39 is 6.09 Å². The normalized spacial score (nSPS) is 11.3. The summed E-state index contributed by atoms with van der Waals surface area (Å²) in [6.07, 6.45) is 5.44. The summed E-state index contributed by atoms with van der Waals surface area (Å²) in [7, 11) is 3.19. The van der Waals surface area contributed by atoms with Gasteiger partial charge in [0.2, 0.25) is 0 Å². The number of anilines is 1. The number of nitrogens with one attached hydrogen (secondary N) is 1. The lowest BCUT2D eigenvalue weighted by Crippen LogP contribution is -2.18. The molecule has 2 rings (SSSR count). The number of benzene rings is 2. The Morgan fingerprint density at radius 3 is 2.00 bits per heavy atom. The topological polar surface area (TPSA) is 75.3 Å². The van der Waals surface area contributed by atoms with Crippen molar-refractivity contribution >= 4 is 11.8 Å². The standard InChI is InChI=1S/C28H41NO6/c1-7-9-10-11-16-28(3,4)22-17-24(34-19-31-5)26(25(18-22)35-20-32-6)21-12-14-23(15-13-21)29-27(30)33-8-2/h12-15,17-18H,7-11,16,19-20H2,1-6H3,(H,29,30). The van der Waals surface area contributed by atoms with Gasteiger partial charge in [-0.15, -0.1) is 0 Å². The van der Waals surface area contributed by atoms with Crippen molar-refractivity contribution in [2.75, 3.05) is 39.7 Å². The second-order valence-corrected chi connectivity index (χ2v) is 9.07. The summed E-state index contributed by atoms with van der Waals surface area (Å²) in [6.45, 7) is 9.03. The van der Waals surface area contributed by atoms with Crippen LogP contribution in [0.1, 0.15) is 65.4 Å². The highest BCUT2D eigenvalue weighted by Crippen LogP contribution is 2.44. The van der Waals surface area contributed by atoms with Gasteiger partial charge in [0.05, 0.1) is 12.2 Å². The highest BCUT2D eigenvalue weighted by atomic mass is 16.7. The fourth-order valence-corrected chi connectivity index (χ4v) is 3.88. The van der Waals surface area contributed by atoms with Gasteiger partial charge in [0.15, 0.2) is 13.6 Å².